The van der Waals surface area contributed by atoms with Crippen molar-refractivity contribution in [3.05, 3.63) is 60.6 Å². The zero-order valence-electron chi connectivity index (χ0n) is 19.9. The fourth-order valence-corrected chi connectivity index (χ4v) is 3.20. The SMILES string of the molecule is COc1cc(NC(=O)Nc2cccc(CNC(=O)OC[C@@H](CN)N(C)C)c2)ccc1-c1cnco1. The Balaban J connectivity index is 1.53. The number of anilines is 2. The molecule has 0 aliphatic carbocycles. The van der Waals surface area contributed by atoms with Crippen LogP contribution in [-0.4, -0.2) is 62.4 Å². The van der Waals surface area contributed by atoms with Gasteiger partial charge in [0.25, 0.3) is 0 Å². The van der Waals surface area contributed by atoms with Crippen LogP contribution in [0.1, 0.15) is 5.56 Å². The van der Waals surface area contributed by atoms with Crippen LogP contribution in [0.4, 0.5) is 21.0 Å². The Kier molecular flexibility index (Phi) is 9.04. The molecule has 0 radical (unpaired) electrons. The molecule has 0 spiro atoms. The predicted octanol–water partition coefficient (Wildman–Crippen LogP) is 3.11. The van der Waals surface area contributed by atoms with Gasteiger partial charge in [0, 0.05) is 30.5 Å². The number of hydrogen-bond donors (Lipinski definition) is 4. The molecule has 1 aromatic heterocycles. The van der Waals surface area contributed by atoms with Crippen molar-refractivity contribution in [2.24, 2.45) is 5.73 Å². The Bertz CT molecular complexity index is 1120. The van der Waals surface area contributed by atoms with E-state index in [4.69, 9.17) is 19.6 Å². The molecule has 0 saturated carbocycles. The van der Waals surface area contributed by atoms with E-state index in [1.165, 1.54) is 13.5 Å². The van der Waals surface area contributed by atoms with E-state index < -0.39 is 12.1 Å². The first kappa shape index (κ1) is 25.5. The lowest BCUT2D eigenvalue weighted by atomic mass is 10.1. The van der Waals surface area contributed by atoms with E-state index in [0.29, 0.717) is 29.4 Å². The molecule has 11 nitrogen and oxygen atoms in total. The summed E-state index contributed by atoms with van der Waals surface area (Å²) in [6, 6.07) is 11.8. The van der Waals surface area contributed by atoms with Crippen molar-refractivity contribution in [2.45, 2.75) is 12.6 Å². The third-order valence-electron chi connectivity index (χ3n) is 5.19. The number of carbonyl (C=O) groups excluding carboxylic acids is 2. The quantitative estimate of drug-likeness (QED) is 0.345. The zero-order valence-corrected chi connectivity index (χ0v) is 19.9. The summed E-state index contributed by atoms with van der Waals surface area (Å²) in [7, 11) is 5.28. The monoisotopic (exact) mass is 482 g/mol. The van der Waals surface area contributed by atoms with Gasteiger partial charge in [0.1, 0.15) is 12.4 Å². The molecule has 0 aliphatic heterocycles. The third-order valence-corrected chi connectivity index (χ3v) is 5.19. The molecule has 3 amide bonds. The van der Waals surface area contributed by atoms with Crippen LogP contribution in [-0.2, 0) is 11.3 Å². The number of methoxy groups -OCH3 is 1. The first-order chi connectivity index (χ1) is 16.9. The fraction of sp³-hybridized carbons (Fsp3) is 0.292. The van der Waals surface area contributed by atoms with Crippen LogP contribution >= 0.6 is 0 Å². The van der Waals surface area contributed by atoms with Gasteiger partial charge < -0.3 is 40.5 Å². The molecular formula is C24H30N6O5. The molecule has 5 N–H and O–H groups in total. The number of urea groups is 1. The van der Waals surface area contributed by atoms with E-state index in [1.54, 1.807) is 42.6 Å². The van der Waals surface area contributed by atoms with Crippen LogP contribution < -0.4 is 26.4 Å². The molecule has 0 saturated heterocycles. The summed E-state index contributed by atoms with van der Waals surface area (Å²) < 4.78 is 15.9. The number of alkyl carbamates (subject to hydrolysis) is 1. The minimum absolute atomic E-state index is 0.0508. The summed E-state index contributed by atoms with van der Waals surface area (Å²) in [5, 5.41) is 8.24. The maximum Gasteiger partial charge on any atom is 0.407 e. The van der Waals surface area contributed by atoms with E-state index in [2.05, 4.69) is 20.9 Å². The van der Waals surface area contributed by atoms with Crippen molar-refractivity contribution in [2.75, 3.05) is 45.0 Å². The number of amides is 3. The van der Waals surface area contributed by atoms with Gasteiger partial charge >= 0.3 is 12.1 Å². The molecule has 2 aromatic carbocycles. The summed E-state index contributed by atoms with van der Waals surface area (Å²) in [4.78, 5) is 30.3. The Hall–Kier alpha value is -4.09. The molecule has 3 rings (SSSR count). The van der Waals surface area contributed by atoms with Gasteiger partial charge in [-0.25, -0.2) is 14.6 Å². The smallest absolute Gasteiger partial charge is 0.407 e. The molecule has 1 atom stereocenters. The van der Waals surface area contributed by atoms with Crippen molar-refractivity contribution in [3.8, 4) is 17.1 Å². The van der Waals surface area contributed by atoms with Crippen LogP contribution in [0.3, 0.4) is 0 Å². The second kappa shape index (κ2) is 12.4. The van der Waals surface area contributed by atoms with Gasteiger partial charge in [-0.05, 0) is 43.9 Å². The van der Waals surface area contributed by atoms with E-state index in [9.17, 15) is 9.59 Å². The van der Waals surface area contributed by atoms with Gasteiger partial charge in [0.15, 0.2) is 12.2 Å². The lowest BCUT2D eigenvalue weighted by Crippen LogP contribution is -2.40. The van der Waals surface area contributed by atoms with Gasteiger partial charge in [-0.3, -0.25) is 0 Å². The van der Waals surface area contributed by atoms with Gasteiger partial charge in [0.2, 0.25) is 0 Å². The first-order valence-electron chi connectivity index (χ1n) is 10.9. The number of nitrogens with two attached hydrogens (primary N) is 1. The maximum atomic E-state index is 12.5. The van der Waals surface area contributed by atoms with E-state index >= 15 is 0 Å². The normalized spacial score (nSPS) is 11.6. The molecule has 0 fully saturated rings. The Morgan fingerprint density at radius 1 is 1.14 bits per heavy atom. The van der Waals surface area contributed by atoms with Gasteiger partial charge in [-0.1, -0.05) is 12.1 Å². The van der Waals surface area contributed by atoms with E-state index in [0.717, 1.165) is 11.1 Å². The van der Waals surface area contributed by atoms with Crippen molar-refractivity contribution in [3.63, 3.8) is 0 Å². The summed E-state index contributed by atoms with van der Waals surface area (Å²) in [5.41, 5.74) is 8.28. The van der Waals surface area contributed by atoms with Crippen molar-refractivity contribution >= 4 is 23.5 Å². The summed E-state index contributed by atoms with van der Waals surface area (Å²) in [5.74, 6) is 1.09. The molecule has 0 aliphatic rings. The Labute approximate surface area is 203 Å². The number of ether oxygens (including phenoxy) is 2. The molecule has 11 heteroatoms. The highest BCUT2D eigenvalue weighted by molar-refractivity contribution is 6.00. The highest BCUT2D eigenvalue weighted by Gasteiger charge is 2.13. The molecule has 35 heavy (non-hydrogen) atoms. The molecule has 0 bridgehead atoms. The number of oxazole rings is 1. The van der Waals surface area contributed by atoms with Crippen LogP contribution in [0.25, 0.3) is 11.3 Å². The molecular weight excluding hydrogens is 452 g/mol. The number of nitrogens with zero attached hydrogens (tertiary/aromatic N) is 2. The molecule has 1 heterocycles. The number of likely N-dealkylation sites (N-methyl/N-ethyl adjacent to an activating group) is 1. The van der Waals surface area contributed by atoms with Gasteiger partial charge in [-0.15, -0.1) is 0 Å². The number of nitrogens with one attached hydrogen (secondary N) is 3. The first-order valence-corrected chi connectivity index (χ1v) is 10.9. The number of benzene rings is 2. The lowest BCUT2D eigenvalue weighted by Gasteiger charge is -2.22. The summed E-state index contributed by atoms with van der Waals surface area (Å²) in [6.07, 6.45) is 2.38. The van der Waals surface area contributed by atoms with Crippen LogP contribution in [0, 0.1) is 0 Å². The van der Waals surface area contributed by atoms with Crippen LogP contribution in [0.2, 0.25) is 0 Å². The molecule has 0 unspecified atom stereocenters. The number of carbonyl (C=O) groups is 2. The second-order valence-corrected chi connectivity index (χ2v) is 7.87. The zero-order chi connectivity index (χ0) is 25.2. The fourth-order valence-electron chi connectivity index (χ4n) is 3.20. The minimum Gasteiger partial charge on any atom is -0.496 e. The Morgan fingerprint density at radius 2 is 1.91 bits per heavy atom. The predicted molar refractivity (Wildman–Crippen MR) is 132 cm³/mol. The molecule has 3 aromatic rings. The van der Waals surface area contributed by atoms with Gasteiger partial charge in [-0.2, -0.15) is 0 Å². The Morgan fingerprint density at radius 3 is 2.57 bits per heavy atom. The number of aromatic nitrogens is 1. The third kappa shape index (κ3) is 7.45. The van der Waals surface area contributed by atoms with Crippen molar-refractivity contribution in [1.82, 2.24) is 15.2 Å². The summed E-state index contributed by atoms with van der Waals surface area (Å²) in [6.45, 7) is 0.821. The average Bonchev–Trinajstić information content (AvgIpc) is 3.38. The van der Waals surface area contributed by atoms with E-state index in [-0.39, 0.29) is 19.2 Å². The highest BCUT2D eigenvalue weighted by atomic mass is 16.5. The highest BCUT2D eigenvalue weighted by Crippen LogP contribution is 2.32. The van der Waals surface area contributed by atoms with Crippen LogP contribution in [0.15, 0.2) is 59.5 Å². The standard InChI is InChI=1S/C24H30N6O5/c1-30(2)19(11-25)14-34-24(32)27-12-16-5-4-6-17(9-16)28-23(31)29-18-7-8-20(21(10-18)33-3)22-13-26-15-35-22/h4-10,13,15,19H,11-12,14,25H2,1-3H3,(H,27,32)(H2,28,29,31)/t19-/m1/s1. The average molecular weight is 483 g/mol. The van der Waals surface area contributed by atoms with Crippen molar-refractivity contribution < 1.29 is 23.5 Å². The summed E-state index contributed by atoms with van der Waals surface area (Å²) >= 11 is 0. The second-order valence-electron chi connectivity index (χ2n) is 7.87. The molecule has 186 valence electrons. The number of hydrogen-bond acceptors (Lipinski definition) is 8. The van der Waals surface area contributed by atoms with E-state index in [1.807, 2.05) is 25.1 Å². The number of rotatable bonds is 10. The minimum atomic E-state index is -0.538. The largest absolute Gasteiger partial charge is 0.496 e. The van der Waals surface area contributed by atoms with Crippen molar-refractivity contribution in [1.29, 1.82) is 0 Å². The maximum absolute atomic E-state index is 12.5. The van der Waals surface area contributed by atoms with Crippen LogP contribution in [0.5, 0.6) is 5.75 Å². The van der Waals surface area contributed by atoms with Gasteiger partial charge in [0.05, 0.1) is 24.9 Å². The lowest BCUT2D eigenvalue weighted by molar-refractivity contribution is 0.112. The topological polar surface area (TPSA) is 144 Å².